The summed E-state index contributed by atoms with van der Waals surface area (Å²) < 4.78 is 0. The summed E-state index contributed by atoms with van der Waals surface area (Å²) in [6.45, 7) is 4.06. The first-order valence-corrected chi connectivity index (χ1v) is 6.09. The molecular weight excluding hydrogens is 236 g/mol. The minimum absolute atomic E-state index is 0.266. The van der Waals surface area contributed by atoms with E-state index in [2.05, 4.69) is 16.4 Å². The number of aliphatic hydroxyl groups excluding tert-OH is 1. The van der Waals surface area contributed by atoms with Crippen molar-refractivity contribution in [2.24, 2.45) is 0 Å². The number of nitrogens with one attached hydrogen (secondary N) is 1. The SMILES string of the molecule is Cc1cc(C)cc(Nc2nc(C(O)O)cs2)c1. The molecule has 4 nitrogen and oxygen atoms in total. The van der Waals surface area contributed by atoms with E-state index < -0.39 is 6.29 Å². The van der Waals surface area contributed by atoms with Gasteiger partial charge in [-0.3, -0.25) is 0 Å². The molecule has 17 heavy (non-hydrogen) atoms. The van der Waals surface area contributed by atoms with Crippen LogP contribution in [0.2, 0.25) is 0 Å². The third-order valence-corrected chi connectivity index (χ3v) is 3.04. The third kappa shape index (κ3) is 3.03. The van der Waals surface area contributed by atoms with E-state index >= 15 is 0 Å². The van der Waals surface area contributed by atoms with Crippen molar-refractivity contribution in [3.63, 3.8) is 0 Å². The normalized spacial score (nSPS) is 10.9. The highest BCUT2D eigenvalue weighted by atomic mass is 32.1. The molecule has 0 atom stereocenters. The van der Waals surface area contributed by atoms with Crippen LogP contribution in [0.5, 0.6) is 0 Å². The van der Waals surface area contributed by atoms with Crippen LogP contribution in [0.1, 0.15) is 23.1 Å². The average Bonchev–Trinajstić information content (AvgIpc) is 2.64. The third-order valence-electron chi connectivity index (χ3n) is 2.26. The molecule has 0 saturated carbocycles. The molecule has 5 heteroatoms. The van der Waals surface area contributed by atoms with E-state index in [1.54, 1.807) is 5.38 Å². The summed E-state index contributed by atoms with van der Waals surface area (Å²) in [6, 6.07) is 6.13. The van der Waals surface area contributed by atoms with E-state index in [4.69, 9.17) is 10.2 Å². The number of hydrogen-bond acceptors (Lipinski definition) is 5. The number of benzene rings is 1. The van der Waals surface area contributed by atoms with Gasteiger partial charge in [0.25, 0.3) is 0 Å². The number of hydrogen-bond donors (Lipinski definition) is 3. The first-order valence-electron chi connectivity index (χ1n) is 5.21. The van der Waals surface area contributed by atoms with Gasteiger partial charge in [-0.05, 0) is 37.1 Å². The fourth-order valence-electron chi connectivity index (χ4n) is 1.63. The van der Waals surface area contributed by atoms with Crippen molar-refractivity contribution in [3.8, 4) is 0 Å². The number of aliphatic hydroxyl groups is 2. The molecule has 1 heterocycles. The topological polar surface area (TPSA) is 65.4 Å². The van der Waals surface area contributed by atoms with Gasteiger partial charge in [0.1, 0.15) is 5.69 Å². The molecule has 0 unspecified atom stereocenters. The van der Waals surface area contributed by atoms with E-state index in [0.29, 0.717) is 5.13 Å². The van der Waals surface area contributed by atoms with Crippen LogP contribution in [-0.4, -0.2) is 15.2 Å². The van der Waals surface area contributed by atoms with E-state index in [0.717, 1.165) is 5.69 Å². The molecule has 90 valence electrons. The number of anilines is 2. The van der Waals surface area contributed by atoms with Gasteiger partial charge < -0.3 is 15.5 Å². The smallest absolute Gasteiger partial charge is 0.196 e. The lowest BCUT2D eigenvalue weighted by Gasteiger charge is -2.05. The quantitative estimate of drug-likeness (QED) is 0.732. The number of rotatable bonds is 3. The molecule has 0 fully saturated rings. The molecule has 0 saturated heterocycles. The van der Waals surface area contributed by atoms with E-state index in [-0.39, 0.29) is 5.69 Å². The van der Waals surface area contributed by atoms with Crippen molar-refractivity contribution in [2.75, 3.05) is 5.32 Å². The zero-order chi connectivity index (χ0) is 12.4. The minimum atomic E-state index is -1.51. The number of nitrogens with zero attached hydrogens (tertiary/aromatic N) is 1. The van der Waals surface area contributed by atoms with E-state index in [9.17, 15) is 0 Å². The molecule has 0 aliphatic heterocycles. The number of thiazole rings is 1. The zero-order valence-corrected chi connectivity index (χ0v) is 10.5. The molecule has 0 bridgehead atoms. The van der Waals surface area contributed by atoms with Gasteiger partial charge in [-0.15, -0.1) is 11.3 Å². The molecule has 0 amide bonds. The van der Waals surface area contributed by atoms with E-state index in [1.165, 1.54) is 22.5 Å². The van der Waals surface area contributed by atoms with Gasteiger partial charge in [-0.25, -0.2) is 4.98 Å². The lowest BCUT2D eigenvalue weighted by Crippen LogP contribution is -1.96. The maximum Gasteiger partial charge on any atom is 0.196 e. The Balaban J connectivity index is 2.19. The van der Waals surface area contributed by atoms with Crippen LogP contribution in [0.15, 0.2) is 23.6 Å². The van der Waals surface area contributed by atoms with Crippen molar-refractivity contribution in [1.82, 2.24) is 4.98 Å². The Bertz CT molecular complexity index is 503. The highest BCUT2D eigenvalue weighted by molar-refractivity contribution is 7.13. The Hall–Kier alpha value is -1.43. The summed E-state index contributed by atoms with van der Waals surface area (Å²) in [7, 11) is 0. The fourth-order valence-corrected chi connectivity index (χ4v) is 2.37. The van der Waals surface area contributed by atoms with Gasteiger partial charge in [-0.2, -0.15) is 0 Å². The highest BCUT2D eigenvalue weighted by Crippen LogP contribution is 2.24. The summed E-state index contributed by atoms with van der Waals surface area (Å²) in [6.07, 6.45) is -1.51. The van der Waals surface area contributed by atoms with Crippen LogP contribution in [0.25, 0.3) is 0 Å². The molecule has 0 aliphatic rings. The van der Waals surface area contributed by atoms with Crippen LogP contribution in [-0.2, 0) is 0 Å². The molecule has 0 spiro atoms. The highest BCUT2D eigenvalue weighted by Gasteiger charge is 2.08. The summed E-state index contributed by atoms with van der Waals surface area (Å²) in [5, 5.41) is 23.3. The monoisotopic (exact) mass is 250 g/mol. The first kappa shape index (κ1) is 12.0. The van der Waals surface area contributed by atoms with Crippen molar-refractivity contribution in [3.05, 3.63) is 40.4 Å². The maximum absolute atomic E-state index is 8.96. The van der Waals surface area contributed by atoms with Gasteiger partial charge in [0, 0.05) is 11.1 Å². The lowest BCUT2D eigenvalue weighted by atomic mass is 10.1. The fraction of sp³-hybridized carbons (Fsp3) is 0.250. The van der Waals surface area contributed by atoms with Gasteiger partial charge in [-0.1, -0.05) is 6.07 Å². The molecule has 0 radical (unpaired) electrons. The van der Waals surface area contributed by atoms with Crippen molar-refractivity contribution in [1.29, 1.82) is 0 Å². The Morgan fingerprint density at radius 3 is 2.35 bits per heavy atom. The van der Waals surface area contributed by atoms with Crippen LogP contribution in [0, 0.1) is 13.8 Å². The van der Waals surface area contributed by atoms with Gasteiger partial charge >= 0.3 is 0 Å². The minimum Gasteiger partial charge on any atom is -0.363 e. The van der Waals surface area contributed by atoms with Crippen LogP contribution in [0.4, 0.5) is 10.8 Å². The first-order chi connectivity index (χ1) is 8.04. The molecule has 1 aromatic carbocycles. The standard InChI is InChI=1S/C12H14N2O2S/c1-7-3-8(2)5-9(4-7)13-12-14-10(6-17-12)11(15)16/h3-6,11,15-16H,1-2H3,(H,13,14). The molecule has 1 aromatic heterocycles. The summed E-state index contributed by atoms with van der Waals surface area (Å²) in [5.74, 6) is 0. The Labute approximate surface area is 104 Å². The van der Waals surface area contributed by atoms with Crippen LogP contribution < -0.4 is 5.32 Å². The van der Waals surface area contributed by atoms with Crippen LogP contribution >= 0.6 is 11.3 Å². The average molecular weight is 250 g/mol. The molecule has 2 aromatic rings. The second-order valence-corrected chi connectivity index (χ2v) is 4.81. The van der Waals surface area contributed by atoms with Crippen molar-refractivity contribution in [2.45, 2.75) is 20.1 Å². The number of aryl methyl sites for hydroxylation is 2. The summed E-state index contributed by atoms with van der Waals surface area (Å²) in [4.78, 5) is 4.07. The predicted molar refractivity (Wildman–Crippen MR) is 68.5 cm³/mol. The maximum atomic E-state index is 8.96. The lowest BCUT2D eigenvalue weighted by molar-refractivity contribution is -0.0453. The summed E-state index contributed by atoms with van der Waals surface area (Å²) in [5.41, 5.74) is 3.57. The Morgan fingerprint density at radius 1 is 1.18 bits per heavy atom. The van der Waals surface area contributed by atoms with Crippen molar-refractivity contribution >= 4 is 22.2 Å². The Morgan fingerprint density at radius 2 is 1.82 bits per heavy atom. The summed E-state index contributed by atoms with van der Waals surface area (Å²) >= 11 is 1.34. The molecule has 2 rings (SSSR count). The second kappa shape index (κ2) is 4.83. The predicted octanol–water partition coefficient (Wildman–Crippen LogP) is 2.49. The van der Waals surface area contributed by atoms with Crippen molar-refractivity contribution < 1.29 is 10.2 Å². The zero-order valence-electron chi connectivity index (χ0n) is 9.64. The van der Waals surface area contributed by atoms with Gasteiger partial charge in [0.15, 0.2) is 11.4 Å². The Kier molecular flexibility index (Phi) is 3.42. The van der Waals surface area contributed by atoms with Gasteiger partial charge in [0.05, 0.1) is 0 Å². The number of aromatic nitrogens is 1. The molecule has 3 N–H and O–H groups in total. The van der Waals surface area contributed by atoms with Crippen LogP contribution in [0.3, 0.4) is 0 Å². The largest absolute Gasteiger partial charge is 0.363 e. The van der Waals surface area contributed by atoms with E-state index in [1.807, 2.05) is 26.0 Å². The van der Waals surface area contributed by atoms with Gasteiger partial charge in [0.2, 0.25) is 0 Å². The molecule has 0 aliphatic carbocycles. The second-order valence-electron chi connectivity index (χ2n) is 3.95. The molecular formula is C12H14N2O2S.